The van der Waals surface area contributed by atoms with Gasteiger partial charge < -0.3 is 15.2 Å². The highest BCUT2D eigenvalue weighted by Gasteiger charge is 2.15. The monoisotopic (exact) mass is 391 g/mol. The third-order valence-electron chi connectivity index (χ3n) is 5.10. The van der Waals surface area contributed by atoms with E-state index in [1.165, 1.54) is 12.0 Å². The predicted molar refractivity (Wildman–Crippen MR) is 109 cm³/mol. The first-order valence-corrected chi connectivity index (χ1v) is 10.1. The van der Waals surface area contributed by atoms with Gasteiger partial charge in [-0.25, -0.2) is 0 Å². The van der Waals surface area contributed by atoms with Gasteiger partial charge in [-0.15, -0.1) is 0 Å². The molecule has 7 heteroatoms. The van der Waals surface area contributed by atoms with E-state index in [-0.39, 0.29) is 5.91 Å². The molecule has 0 spiro atoms. The molecule has 7 nitrogen and oxygen atoms in total. The number of nitrogens with one attached hydrogen (secondary N) is 2. The number of aromatic nitrogens is 3. The van der Waals surface area contributed by atoms with Gasteiger partial charge in [0.05, 0.1) is 6.42 Å². The van der Waals surface area contributed by atoms with Gasteiger partial charge in [-0.1, -0.05) is 35.5 Å². The molecule has 1 aliphatic rings. The summed E-state index contributed by atoms with van der Waals surface area (Å²) in [5.41, 5.74) is 3.02. The number of nitrogens with zero attached hydrogens (tertiary/aromatic N) is 3. The van der Waals surface area contributed by atoms with E-state index < -0.39 is 0 Å². The number of hydrogen-bond acceptors (Lipinski definition) is 6. The van der Waals surface area contributed by atoms with Crippen LogP contribution in [0.2, 0.25) is 0 Å². The molecule has 0 radical (unpaired) electrons. The van der Waals surface area contributed by atoms with Crippen molar-refractivity contribution in [1.82, 2.24) is 25.8 Å². The summed E-state index contributed by atoms with van der Waals surface area (Å²) in [5, 5.41) is 10.2. The maximum atomic E-state index is 12.2. The highest BCUT2D eigenvalue weighted by Crippen LogP contribution is 2.16. The predicted octanol–water partition coefficient (Wildman–Crippen LogP) is 2.19. The summed E-state index contributed by atoms with van der Waals surface area (Å²) in [7, 11) is 0. The van der Waals surface area contributed by atoms with Crippen LogP contribution in [0.4, 0.5) is 0 Å². The molecule has 0 aliphatic carbocycles. The quantitative estimate of drug-likeness (QED) is 0.611. The smallest absolute Gasteiger partial charge is 0.228 e. The van der Waals surface area contributed by atoms with Crippen molar-refractivity contribution < 1.29 is 9.32 Å². The van der Waals surface area contributed by atoms with Crippen LogP contribution in [0.3, 0.4) is 0 Å². The zero-order valence-electron chi connectivity index (χ0n) is 16.3. The van der Waals surface area contributed by atoms with Gasteiger partial charge in [0.1, 0.15) is 5.69 Å². The molecule has 2 aromatic heterocycles. The Morgan fingerprint density at radius 3 is 2.79 bits per heavy atom. The van der Waals surface area contributed by atoms with Crippen LogP contribution in [0.1, 0.15) is 23.4 Å². The molecule has 1 atom stereocenters. The molecule has 1 aromatic carbocycles. The minimum absolute atomic E-state index is 0.0118. The largest absolute Gasteiger partial charge is 0.355 e. The summed E-state index contributed by atoms with van der Waals surface area (Å²) in [6.07, 6.45) is 4.88. The second kappa shape index (κ2) is 9.43. The molecule has 3 heterocycles. The number of carbonyl (C=O) groups is 1. The molecule has 0 bridgehead atoms. The summed E-state index contributed by atoms with van der Waals surface area (Å²) < 4.78 is 5.23. The molecule has 1 aliphatic heterocycles. The molecule has 29 heavy (non-hydrogen) atoms. The first-order chi connectivity index (χ1) is 14.3. The van der Waals surface area contributed by atoms with E-state index in [0.29, 0.717) is 36.8 Å². The summed E-state index contributed by atoms with van der Waals surface area (Å²) in [5.74, 6) is 1.66. The highest BCUT2D eigenvalue weighted by molar-refractivity contribution is 5.78. The van der Waals surface area contributed by atoms with Crippen molar-refractivity contribution in [3.8, 4) is 11.5 Å². The molecule has 1 fully saturated rings. The van der Waals surface area contributed by atoms with Gasteiger partial charge in [-0.3, -0.25) is 9.78 Å². The summed E-state index contributed by atoms with van der Waals surface area (Å²) >= 11 is 0. The Balaban J connectivity index is 1.20. The normalized spacial score (nSPS) is 16.1. The van der Waals surface area contributed by atoms with Crippen LogP contribution in [0.25, 0.3) is 11.5 Å². The van der Waals surface area contributed by atoms with Gasteiger partial charge in [0.25, 0.3) is 0 Å². The fraction of sp³-hybridized carbons (Fsp3) is 0.364. The molecule has 1 saturated heterocycles. The van der Waals surface area contributed by atoms with E-state index >= 15 is 0 Å². The molecule has 3 aromatic rings. The standard InChI is InChI=1S/C22H25N5O2/c28-20(14-17-6-4-16(5-7-17)13-18-8-11-23-15-18)25-12-9-21-26-22(27-29-21)19-3-1-2-10-24-19/h1-7,10,18,23H,8-9,11-15H2,(H,25,28). The van der Waals surface area contributed by atoms with E-state index in [0.717, 1.165) is 31.0 Å². The number of pyridine rings is 1. The SMILES string of the molecule is O=C(Cc1ccc(CC2CCNC2)cc1)NCCc1nc(-c2ccccn2)no1. The number of rotatable bonds is 8. The second-order valence-corrected chi connectivity index (χ2v) is 7.38. The van der Waals surface area contributed by atoms with Crippen LogP contribution in [0, 0.1) is 5.92 Å². The molecule has 0 saturated carbocycles. The minimum atomic E-state index is -0.0118. The number of amides is 1. The van der Waals surface area contributed by atoms with E-state index in [1.54, 1.807) is 6.20 Å². The molecule has 1 unspecified atom stereocenters. The lowest BCUT2D eigenvalue weighted by atomic mass is 9.97. The Morgan fingerprint density at radius 2 is 2.03 bits per heavy atom. The van der Waals surface area contributed by atoms with Crippen molar-refractivity contribution in [1.29, 1.82) is 0 Å². The van der Waals surface area contributed by atoms with Crippen molar-refractivity contribution in [2.24, 2.45) is 5.92 Å². The zero-order chi connectivity index (χ0) is 19.9. The average Bonchev–Trinajstić information content (AvgIpc) is 3.42. The second-order valence-electron chi connectivity index (χ2n) is 7.38. The Morgan fingerprint density at radius 1 is 1.17 bits per heavy atom. The first kappa shape index (κ1) is 19.3. The molecule has 2 N–H and O–H groups in total. The molecular formula is C22H25N5O2. The molecular weight excluding hydrogens is 366 g/mol. The molecule has 150 valence electrons. The van der Waals surface area contributed by atoms with Crippen LogP contribution < -0.4 is 10.6 Å². The fourth-order valence-electron chi connectivity index (χ4n) is 3.53. The Labute approximate surface area is 169 Å². The first-order valence-electron chi connectivity index (χ1n) is 10.1. The average molecular weight is 391 g/mol. The van der Waals surface area contributed by atoms with E-state index in [4.69, 9.17) is 4.52 Å². The third kappa shape index (κ3) is 5.48. The van der Waals surface area contributed by atoms with E-state index in [9.17, 15) is 4.79 Å². The Kier molecular flexibility index (Phi) is 6.26. The van der Waals surface area contributed by atoms with Crippen molar-refractivity contribution in [2.45, 2.75) is 25.7 Å². The molecule has 4 rings (SSSR count). The van der Waals surface area contributed by atoms with E-state index in [1.807, 2.05) is 18.2 Å². The van der Waals surface area contributed by atoms with E-state index in [2.05, 4.69) is 50.0 Å². The fourth-order valence-corrected chi connectivity index (χ4v) is 3.53. The van der Waals surface area contributed by atoms with Crippen LogP contribution >= 0.6 is 0 Å². The van der Waals surface area contributed by atoms with Crippen molar-refractivity contribution >= 4 is 5.91 Å². The topological polar surface area (TPSA) is 92.9 Å². The van der Waals surface area contributed by atoms with Crippen molar-refractivity contribution in [3.63, 3.8) is 0 Å². The van der Waals surface area contributed by atoms with Gasteiger partial charge in [0, 0.05) is 19.2 Å². The van der Waals surface area contributed by atoms with Gasteiger partial charge in [-0.2, -0.15) is 4.98 Å². The lowest BCUT2D eigenvalue weighted by molar-refractivity contribution is -0.120. The lowest BCUT2D eigenvalue weighted by Gasteiger charge is -2.09. The summed E-state index contributed by atoms with van der Waals surface area (Å²) in [4.78, 5) is 20.7. The van der Waals surface area contributed by atoms with Gasteiger partial charge in [-0.05, 0) is 55.1 Å². The van der Waals surface area contributed by atoms with Gasteiger partial charge >= 0.3 is 0 Å². The number of carbonyl (C=O) groups excluding carboxylic acids is 1. The minimum Gasteiger partial charge on any atom is -0.355 e. The van der Waals surface area contributed by atoms with Crippen LogP contribution in [-0.4, -0.2) is 40.7 Å². The van der Waals surface area contributed by atoms with Crippen molar-refractivity contribution in [2.75, 3.05) is 19.6 Å². The maximum Gasteiger partial charge on any atom is 0.228 e. The third-order valence-corrected chi connectivity index (χ3v) is 5.10. The number of benzene rings is 1. The van der Waals surface area contributed by atoms with Crippen LogP contribution in [-0.2, 0) is 24.1 Å². The Bertz CT molecular complexity index is 918. The summed E-state index contributed by atoms with van der Waals surface area (Å²) in [6.45, 7) is 2.68. The van der Waals surface area contributed by atoms with Crippen LogP contribution in [0.5, 0.6) is 0 Å². The van der Waals surface area contributed by atoms with Crippen molar-refractivity contribution in [3.05, 3.63) is 65.7 Å². The van der Waals surface area contributed by atoms with Gasteiger partial charge in [0.2, 0.25) is 17.6 Å². The van der Waals surface area contributed by atoms with Crippen LogP contribution in [0.15, 0.2) is 53.2 Å². The lowest BCUT2D eigenvalue weighted by Crippen LogP contribution is -2.27. The highest BCUT2D eigenvalue weighted by atomic mass is 16.5. The Hall–Kier alpha value is -3.06. The zero-order valence-corrected chi connectivity index (χ0v) is 16.3. The number of hydrogen-bond donors (Lipinski definition) is 2. The summed E-state index contributed by atoms with van der Waals surface area (Å²) in [6, 6.07) is 13.9. The maximum absolute atomic E-state index is 12.2. The van der Waals surface area contributed by atoms with Gasteiger partial charge in [0.15, 0.2) is 0 Å². The molecule has 1 amide bonds.